The van der Waals surface area contributed by atoms with Crippen molar-refractivity contribution in [3.63, 3.8) is 0 Å². The molecule has 0 saturated carbocycles. The summed E-state index contributed by atoms with van der Waals surface area (Å²) in [5, 5.41) is 24.1. The van der Waals surface area contributed by atoms with Gasteiger partial charge in [-0.2, -0.15) is 0 Å². The second-order valence-electron chi connectivity index (χ2n) is 8.94. The summed E-state index contributed by atoms with van der Waals surface area (Å²) in [6.45, 7) is 5.12. The molecule has 1 saturated heterocycles. The van der Waals surface area contributed by atoms with Gasteiger partial charge in [-0.15, -0.1) is 0 Å². The minimum absolute atomic E-state index is 0.0414. The second kappa shape index (κ2) is 9.31. The van der Waals surface area contributed by atoms with Gasteiger partial charge in [0.1, 0.15) is 35.3 Å². The summed E-state index contributed by atoms with van der Waals surface area (Å²) in [6, 6.07) is 11.3. The van der Waals surface area contributed by atoms with E-state index in [0.29, 0.717) is 10.9 Å². The fourth-order valence-corrected chi connectivity index (χ4v) is 4.24. The van der Waals surface area contributed by atoms with Crippen molar-refractivity contribution in [3.05, 3.63) is 64.0 Å². The summed E-state index contributed by atoms with van der Waals surface area (Å²) in [7, 11) is 1.42. The van der Waals surface area contributed by atoms with Gasteiger partial charge in [0.15, 0.2) is 0 Å². The third-order valence-electron chi connectivity index (χ3n) is 6.10. The Morgan fingerprint density at radius 3 is 2.54 bits per heavy atom. The van der Waals surface area contributed by atoms with Crippen LogP contribution in [0.1, 0.15) is 29.8 Å². The lowest BCUT2D eigenvalue weighted by Gasteiger charge is -2.46. The van der Waals surface area contributed by atoms with Gasteiger partial charge in [0.05, 0.1) is 11.2 Å². The van der Waals surface area contributed by atoms with Gasteiger partial charge in [0, 0.05) is 23.7 Å². The van der Waals surface area contributed by atoms with Gasteiger partial charge in [0.2, 0.25) is 6.29 Å². The Bertz CT molecular complexity index is 1320. The molecule has 1 aromatic heterocycles. The monoisotopic (exact) mass is 484 g/mol. The molecule has 10 heteroatoms. The molecule has 0 radical (unpaired) electrons. The zero-order chi connectivity index (χ0) is 25.5. The third kappa shape index (κ3) is 4.61. The smallest absolute Gasteiger partial charge is 0.360 e. The molecule has 0 aliphatic carbocycles. The van der Waals surface area contributed by atoms with Crippen LogP contribution >= 0.6 is 0 Å². The van der Waals surface area contributed by atoms with Gasteiger partial charge >= 0.3 is 5.63 Å². The average molecular weight is 485 g/mol. The first-order valence-electron chi connectivity index (χ1n) is 11.0. The van der Waals surface area contributed by atoms with Gasteiger partial charge in [-0.05, 0) is 51.1 Å². The highest BCUT2D eigenvalue weighted by Crippen LogP contribution is 2.35. The highest BCUT2D eigenvalue weighted by atomic mass is 16.7. The number of aryl methyl sites for hydroxylation is 1. The molecule has 0 bridgehead atoms. The van der Waals surface area contributed by atoms with Crippen LogP contribution in [0, 0.1) is 6.92 Å². The molecular formula is C25H28N2O8. The number of anilines is 2. The largest absolute Gasteiger partial charge is 0.462 e. The van der Waals surface area contributed by atoms with Crippen LogP contribution in [0.5, 0.6) is 5.75 Å². The predicted molar refractivity (Wildman–Crippen MR) is 128 cm³/mol. The first-order valence-corrected chi connectivity index (χ1v) is 11.0. The molecule has 1 amide bonds. The standard InChI is InChI=1S/C25H28N2O8/c1-12-17(33-24-19(29)18(28)21(32-4)25(2,3)35-24)10-9-13-11-16(23(31)34-20(12)13)27-22(30)14-7-5-6-8-15(14)26/h5-11,18-19,21,24,28-29H,26H2,1-4H3,(H,27,30). The van der Waals surface area contributed by atoms with Crippen LogP contribution in [0.25, 0.3) is 11.0 Å². The minimum atomic E-state index is -1.38. The van der Waals surface area contributed by atoms with E-state index in [1.165, 1.54) is 13.2 Å². The fraction of sp³-hybridized carbons (Fsp3) is 0.360. The first kappa shape index (κ1) is 24.7. The molecule has 0 spiro atoms. The Kier molecular flexibility index (Phi) is 6.56. The van der Waals surface area contributed by atoms with Gasteiger partial charge in [-0.1, -0.05) is 12.1 Å². The Balaban J connectivity index is 1.61. The van der Waals surface area contributed by atoms with E-state index in [0.717, 1.165) is 0 Å². The maximum absolute atomic E-state index is 12.6. The topological polar surface area (TPSA) is 153 Å². The zero-order valence-corrected chi connectivity index (χ0v) is 19.8. The van der Waals surface area contributed by atoms with Gasteiger partial charge in [-0.25, -0.2) is 4.79 Å². The number of fused-ring (bicyclic) bond motifs is 1. The lowest BCUT2D eigenvalue weighted by atomic mass is 9.89. The summed E-state index contributed by atoms with van der Waals surface area (Å²) in [6.07, 6.45) is -4.56. The number of aliphatic hydroxyl groups is 2. The van der Waals surface area contributed by atoms with Gasteiger partial charge in [0.25, 0.3) is 5.91 Å². The van der Waals surface area contributed by atoms with Gasteiger partial charge in [-0.3, -0.25) is 4.79 Å². The van der Waals surface area contributed by atoms with Crippen molar-refractivity contribution >= 4 is 28.3 Å². The van der Waals surface area contributed by atoms with E-state index in [9.17, 15) is 19.8 Å². The van der Waals surface area contributed by atoms with Gasteiger partial charge < -0.3 is 39.9 Å². The number of amides is 1. The highest BCUT2D eigenvalue weighted by Gasteiger charge is 2.50. The van der Waals surface area contributed by atoms with E-state index >= 15 is 0 Å². The minimum Gasteiger partial charge on any atom is -0.462 e. The number of ether oxygens (including phenoxy) is 3. The third-order valence-corrected chi connectivity index (χ3v) is 6.10. The van der Waals surface area contributed by atoms with Crippen LogP contribution in [0.3, 0.4) is 0 Å². The average Bonchev–Trinajstić information content (AvgIpc) is 2.80. The van der Waals surface area contributed by atoms with Crippen LogP contribution in [-0.4, -0.2) is 53.4 Å². The normalized spacial score (nSPS) is 23.7. The highest BCUT2D eigenvalue weighted by molar-refractivity contribution is 6.08. The molecule has 4 atom stereocenters. The Labute approximate surface area is 201 Å². The van der Waals surface area contributed by atoms with Crippen LogP contribution in [-0.2, 0) is 9.47 Å². The van der Waals surface area contributed by atoms with Crippen LogP contribution in [0.2, 0.25) is 0 Å². The number of carbonyl (C=O) groups excluding carboxylic acids is 1. The molecule has 186 valence electrons. The number of rotatable bonds is 5. The SMILES string of the molecule is COC1C(O)C(O)C(Oc2ccc3cc(NC(=O)c4ccccc4N)c(=O)oc3c2C)OC1(C)C. The number of nitrogen functional groups attached to an aromatic ring is 1. The van der Waals surface area contributed by atoms with E-state index in [1.807, 2.05) is 0 Å². The summed E-state index contributed by atoms with van der Waals surface area (Å²) >= 11 is 0. The number of nitrogens with one attached hydrogen (secondary N) is 1. The molecule has 1 aliphatic heterocycles. The van der Waals surface area contributed by atoms with Crippen LogP contribution in [0.4, 0.5) is 11.4 Å². The second-order valence-corrected chi connectivity index (χ2v) is 8.94. The lowest BCUT2D eigenvalue weighted by Crippen LogP contribution is -2.63. The van der Waals surface area contributed by atoms with E-state index in [1.54, 1.807) is 57.2 Å². The fourth-order valence-electron chi connectivity index (χ4n) is 4.24. The zero-order valence-electron chi connectivity index (χ0n) is 19.8. The number of hydrogen-bond donors (Lipinski definition) is 4. The van der Waals surface area contributed by atoms with Crippen molar-refractivity contribution in [1.82, 2.24) is 0 Å². The first-order chi connectivity index (χ1) is 16.5. The Hall–Kier alpha value is -3.44. The number of nitrogens with two attached hydrogens (primary N) is 1. The molecule has 3 aromatic rings. The maximum Gasteiger partial charge on any atom is 0.360 e. The molecule has 10 nitrogen and oxygen atoms in total. The number of benzene rings is 2. The van der Waals surface area contributed by atoms with E-state index < -0.39 is 41.7 Å². The van der Waals surface area contributed by atoms with E-state index in [4.69, 9.17) is 24.4 Å². The van der Waals surface area contributed by atoms with Crippen molar-refractivity contribution in [2.75, 3.05) is 18.2 Å². The molecular weight excluding hydrogens is 456 g/mol. The lowest BCUT2D eigenvalue weighted by molar-refractivity contribution is -0.306. The number of para-hydroxylation sites is 1. The van der Waals surface area contributed by atoms with Crippen molar-refractivity contribution in [3.8, 4) is 5.75 Å². The number of carbonyl (C=O) groups is 1. The van der Waals surface area contributed by atoms with E-state index in [-0.39, 0.29) is 28.3 Å². The molecule has 4 unspecified atom stereocenters. The number of aliphatic hydroxyl groups excluding tert-OH is 2. The quantitative estimate of drug-likeness (QED) is 0.315. The molecule has 5 N–H and O–H groups in total. The Morgan fingerprint density at radius 2 is 1.86 bits per heavy atom. The summed E-state index contributed by atoms with van der Waals surface area (Å²) < 4.78 is 22.5. The molecule has 2 heterocycles. The van der Waals surface area contributed by atoms with Crippen LogP contribution < -0.4 is 21.4 Å². The predicted octanol–water partition coefficient (Wildman–Crippen LogP) is 2.19. The molecule has 1 fully saturated rings. The molecule has 4 rings (SSSR count). The van der Waals surface area contributed by atoms with Crippen LogP contribution in [0.15, 0.2) is 51.7 Å². The van der Waals surface area contributed by atoms with E-state index in [2.05, 4.69) is 5.32 Å². The van der Waals surface area contributed by atoms with Crippen molar-refractivity contribution in [2.24, 2.45) is 0 Å². The summed E-state index contributed by atoms with van der Waals surface area (Å²) in [5.74, 6) is -0.247. The van der Waals surface area contributed by atoms with Crippen molar-refractivity contribution in [1.29, 1.82) is 0 Å². The Morgan fingerprint density at radius 1 is 1.14 bits per heavy atom. The maximum atomic E-state index is 12.6. The number of methoxy groups -OCH3 is 1. The summed E-state index contributed by atoms with van der Waals surface area (Å²) in [4.78, 5) is 25.2. The molecule has 35 heavy (non-hydrogen) atoms. The molecule has 1 aliphatic rings. The van der Waals surface area contributed by atoms with Crippen molar-refractivity contribution < 1.29 is 33.6 Å². The molecule has 2 aromatic carbocycles. The number of hydrogen-bond acceptors (Lipinski definition) is 9. The summed E-state index contributed by atoms with van der Waals surface area (Å²) in [5.41, 5.74) is 5.34. The van der Waals surface area contributed by atoms with Crippen molar-refractivity contribution in [2.45, 2.75) is 51.0 Å².